The lowest BCUT2D eigenvalue weighted by Crippen LogP contribution is -2.12. The van der Waals surface area contributed by atoms with Crippen LogP contribution in [0.3, 0.4) is 0 Å². The van der Waals surface area contributed by atoms with Crippen LogP contribution in [-0.4, -0.2) is 4.92 Å². The van der Waals surface area contributed by atoms with Crippen LogP contribution in [0.1, 0.15) is 24.9 Å². The molecule has 0 fully saturated rings. The molecule has 0 aromatic heterocycles. The van der Waals surface area contributed by atoms with Crippen molar-refractivity contribution < 1.29 is 13.7 Å². The smallest absolute Gasteiger partial charge is 0.271 e. The predicted octanol–water partition coefficient (Wildman–Crippen LogP) is 4.44. The Morgan fingerprint density at radius 2 is 1.90 bits per heavy atom. The molecule has 21 heavy (non-hydrogen) atoms. The van der Waals surface area contributed by atoms with Gasteiger partial charge in [-0.25, -0.2) is 8.78 Å². The van der Waals surface area contributed by atoms with Crippen molar-refractivity contribution in [1.82, 2.24) is 0 Å². The van der Waals surface area contributed by atoms with Gasteiger partial charge in [-0.3, -0.25) is 10.1 Å². The standard InChI is InChI=1S/C15H14F2N2O2/c1-2-14(11-5-3-4-6-12(11)16)18-15-9-10(19(20)21)7-8-13(15)17/h3-9,14,18H,2H2,1H3. The van der Waals surface area contributed by atoms with E-state index >= 15 is 0 Å². The summed E-state index contributed by atoms with van der Waals surface area (Å²) in [6.07, 6.45) is 0.503. The molecule has 0 radical (unpaired) electrons. The number of benzene rings is 2. The second-order valence-corrected chi connectivity index (χ2v) is 4.55. The number of non-ortho nitro benzene ring substituents is 1. The van der Waals surface area contributed by atoms with Gasteiger partial charge < -0.3 is 5.32 Å². The van der Waals surface area contributed by atoms with Gasteiger partial charge in [-0.2, -0.15) is 0 Å². The van der Waals surface area contributed by atoms with Crippen LogP contribution < -0.4 is 5.32 Å². The maximum absolute atomic E-state index is 13.8. The molecule has 0 saturated heterocycles. The van der Waals surface area contributed by atoms with Crippen molar-refractivity contribution in [2.45, 2.75) is 19.4 Å². The number of hydrogen-bond acceptors (Lipinski definition) is 3. The Morgan fingerprint density at radius 1 is 1.19 bits per heavy atom. The predicted molar refractivity (Wildman–Crippen MR) is 76.1 cm³/mol. The van der Waals surface area contributed by atoms with Crippen molar-refractivity contribution in [3.8, 4) is 0 Å². The van der Waals surface area contributed by atoms with Crippen LogP contribution >= 0.6 is 0 Å². The van der Waals surface area contributed by atoms with Gasteiger partial charge in [0.15, 0.2) is 0 Å². The molecule has 0 aliphatic rings. The van der Waals surface area contributed by atoms with Crippen molar-refractivity contribution in [2.75, 3.05) is 5.32 Å². The molecule has 110 valence electrons. The van der Waals surface area contributed by atoms with Crippen LogP contribution in [-0.2, 0) is 0 Å². The number of nitrogens with one attached hydrogen (secondary N) is 1. The third-order valence-corrected chi connectivity index (χ3v) is 3.18. The molecule has 4 nitrogen and oxygen atoms in total. The van der Waals surface area contributed by atoms with Gasteiger partial charge in [0.1, 0.15) is 11.6 Å². The van der Waals surface area contributed by atoms with Crippen LogP contribution in [0, 0.1) is 21.7 Å². The highest BCUT2D eigenvalue weighted by atomic mass is 19.1. The first kappa shape index (κ1) is 14.9. The zero-order valence-electron chi connectivity index (χ0n) is 11.3. The fraction of sp³-hybridized carbons (Fsp3) is 0.200. The maximum atomic E-state index is 13.8. The van der Waals surface area contributed by atoms with Crippen molar-refractivity contribution in [3.63, 3.8) is 0 Å². The zero-order valence-corrected chi connectivity index (χ0v) is 11.3. The van der Waals surface area contributed by atoms with Crippen LogP contribution in [0.2, 0.25) is 0 Å². The minimum atomic E-state index is -0.615. The van der Waals surface area contributed by atoms with Crippen molar-refractivity contribution in [2.24, 2.45) is 0 Å². The van der Waals surface area contributed by atoms with E-state index in [1.807, 2.05) is 6.92 Å². The molecule has 1 unspecified atom stereocenters. The zero-order chi connectivity index (χ0) is 15.4. The second kappa shape index (κ2) is 6.30. The van der Waals surface area contributed by atoms with E-state index < -0.39 is 22.6 Å². The van der Waals surface area contributed by atoms with Gasteiger partial charge in [-0.1, -0.05) is 25.1 Å². The maximum Gasteiger partial charge on any atom is 0.271 e. The Morgan fingerprint density at radius 3 is 2.52 bits per heavy atom. The van der Waals surface area contributed by atoms with E-state index in [2.05, 4.69) is 5.32 Å². The molecule has 0 heterocycles. The van der Waals surface area contributed by atoms with Crippen LogP contribution in [0.15, 0.2) is 42.5 Å². The summed E-state index contributed by atoms with van der Waals surface area (Å²) in [5, 5.41) is 13.6. The fourth-order valence-corrected chi connectivity index (χ4v) is 2.08. The molecule has 2 aromatic carbocycles. The lowest BCUT2D eigenvalue weighted by Gasteiger charge is -2.19. The van der Waals surface area contributed by atoms with E-state index in [1.54, 1.807) is 18.2 Å². The first-order valence-corrected chi connectivity index (χ1v) is 6.47. The molecule has 6 heteroatoms. The van der Waals surface area contributed by atoms with E-state index in [9.17, 15) is 18.9 Å². The number of anilines is 1. The molecule has 0 aliphatic carbocycles. The van der Waals surface area contributed by atoms with E-state index in [0.29, 0.717) is 12.0 Å². The first-order valence-electron chi connectivity index (χ1n) is 6.47. The summed E-state index contributed by atoms with van der Waals surface area (Å²) in [4.78, 5) is 10.1. The molecular weight excluding hydrogens is 278 g/mol. The number of nitro groups is 1. The number of halogens is 2. The third kappa shape index (κ3) is 3.34. The summed E-state index contributed by atoms with van der Waals surface area (Å²) in [6.45, 7) is 1.82. The Bertz CT molecular complexity index is 662. The van der Waals surface area contributed by atoms with Gasteiger partial charge in [-0.05, 0) is 18.6 Å². The molecule has 2 rings (SSSR count). The Labute approximate surface area is 120 Å². The van der Waals surface area contributed by atoms with Gasteiger partial charge >= 0.3 is 0 Å². The largest absolute Gasteiger partial charge is 0.376 e. The lowest BCUT2D eigenvalue weighted by molar-refractivity contribution is -0.384. The fourth-order valence-electron chi connectivity index (χ4n) is 2.08. The van der Waals surface area contributed by atoms with E-state index in [-0.39, 0.29) is 11.4 Å². The van der Waals surface area contributed by atoms with Crippen LogP contribution in [0.4, 0.5) is 20.2 Å². The molecule has 0 aliphatic heterocycles. The molecular formula is C15H14F2N2O2. The summed E-state index contributed by atoms with van der Waals surface area (Å²) in [5.41, 5.74) is 0.160. The molecule has 1 atom stereocenters. The summed E-state index contributed by atoms with van der Waals surface area (Å²) in [7, 11) is 0. The Hall–Kier alpha value is -2.50. The molecule has 0 spiro atoms. The molecule has 0 amide bonds. The third-order valence-electron chi connectivity index (χ3n) is 3.18. The second-order valence-electron chi connectivity index (χ2n) is 4.55. The Balaban J connectivity index is 2.33. The van der Waals surface area contributed by atoms with Gasteiger partial charge in [0.25, 0.3) is 5.69 Å². The highest BCUT2D eigenvalue weighted by molar-refractivity contribution is 5.53. The van der Waals surface area contributed by atoms with Crippen molar-refractivity contribution >= 4 is 11.4 Å². The van der Waals surface area contributed by atoms with E-state index in [0.717, 1.165) is 18.2 Å². The number of rotatable bonds is 5. The summed E-state index contributed by atoms with van der Waals surface area (Å²) in [5.74, 6) is -1.02. The van der Waals surface area contributed by atoms with Crippen molar-refractivity contribution in [1.29, 1.82) is 0 Å². The summed E-state index contributed by atoms with van der Waals surface area (Å²) >= 11 is 0. The number of hydrogen-bond donors (Lipinski definition) is 1. The first-order chi connectivity index (χ1) is 10.0. The van der Waals surface area contributed by atoms with Gasteiger partial charge in [0.2, 0.25) is 0 Å². The average Bonchev–Trinajstić information content (AvgIpc) is 2.47. The van der Waals surface area contributed by atoms with Crippen LogP contribution in [0.5, 0.6) is 0 Å². The summed E-state index contributed by atoms with van der Waals surface area (Å²) < 4.78 is 27.6. The molecule has 0 bridgehead atoms. The minimum absolute atomic E-state index is 0.0145. The van der Waals surface area contributed by atoms with Crippen molar-refractivity contribution in [3.05, 3.63) is 69.8 Å². The topological polar surface area (TPSA) is 55.2 Å². The van der Waals surface area contributed by atoms with Gasteiger partial charge in [0, 0.05) is 17.7 Å². The Kier molecular flexibility index (Phi) is 4.47. The van der Waals surface area contributed by atoms with Crippen LogP contribution in [0.25, 0.3) is 0 Å². The average molecular weight is 292 g/mol. The lowest BCUT2D eigenvalue weighted by atomic mass is 10.0. The van der Waals surface area contributed by atoms with E-state index in [1.165, 1.54) is 6.07 Å². The molecule has 1 N–H and O–H groups in total. The summed E-state index contributed by atoms with van der Waals surface area (Å²) in [6, 6.07) is 8.93. The number of nitrogens with zero attached hydrogens (tertiary/aromatic N) is 1. The monoisotopic (exact) mass is 292 g/mol. The highest BCUT2D eigenvalue weighted by Gasteiger charge is 2.17. The quantitative estimate of drug-likeness (QED) is 0.655. The molecule has 0 saturated carbocycles. The highest BCUT2D eigenvalue weighted by Crippen LogP contribution is 2.28. The van der Waals surface area contributed by atoms with Gasteiger partial charge in [-0.15, -0.1) is 0 Å². The minimum Gasteiger partial charge on any atom is -0.376 e. The van der Waals surface area contributed by atoms with E-state index in [4.69, 9.17) is 0 Å². The SMILES string of the molecule is CCC(Nc1cc([N+](=O)[O-])ccc1F)c1ccccc1F. The number of nitro benzene ring substituents is 1. The van der Waals surface area contributed by atoms with Gasteiger partial charge in [0.05, 0.1) is 16.7 Å². The molecule has 2 aromatic rings. The normalized spacial score (nSPS) is 12.0.